The van der Waals surface area contributed by atoms with Gasteiger partial charge in [0, 0.05) is 6.54 Å². The van der Waals surface area contributed by atoms with Crippen LogP contribution >= 0.6 is 11.6 Å². The Kier molecular flexibility index (Phi) is 4.52. The number of para-hydroxylation sites is 1. The standard InChI is InChI=1S/C13H15ClN4O/c1-3-9-7-5-6-8-10(9)19-13-17-11(14)16-12(18-13)15-4-2/h5-8H,3-4H2,1-2H3,(H,15,16,17,18). The predicted molar refractivity (Wildman–Crippen MR) is 74.9 cm³/mol. The first kappa shape index (κ1) is 13.5. The third-order valence-corrected chi connectivity index (χ3v) is 2.65. The molecule has 0 fully saturated rings. The van der Waals surface area contributed by atoms with Gasteiger partial charge in [-0.2, -0.15) is 15.0 Å². The van der Waals surface area contributed by atoms with Crippen LogP contribution in [0.15, 0.2) is 24.3 Å². The van der Waals surface area contributed by atoms with Gasteiger partial charge in [0.1, 0.15) is 5.75 Å². The van der Waals surface area contributed by atoms with E-state index in [2.05, 4.69) is 27.2 Å². The third kappa shape index (κ3) is 3.54. The molecule has 1 aromatic heterocycles. The van der Waals surface area contributed by atoms with Crippen LogP contribution in [0.25, 0.3) is 0 Å². The monoisotopic (exact) mass is 278 g/mol. The topological polar surface area (TPSA) is 59.9 Å². The van der Waals surface area contributed by atoms with E-state index in [0.717, 1.165) is 17.7 Å². The number of nitrogens with one attached hydrogen (secondary N) is 1. The van der Waals surface area contributed by atoms with Crippen molar-refractivity contribution in [3.05, 3.63) is 35.1 Å². The Bertz CT molecular complexity index is 562. The van der Waals surface area contributed by atoms with E-state index >= 15 is 0 Å². The van der Waals surface area contributed by atoms with E-state index in [9.17, 15) is 0 Å². The molecule has 0 atom stereocenters. The smallest absolute Gasteiger partial charge is 0.328 e. The van der Waals surface area contributed by atoms with Gasteiger partial charge in [0.15, 0.2) is 0 Å². The van der Waals surface area contributed by atoms with Crippen LogP contribution in [-0.4, -0.2) is 21.5 Å². The van der Waals surface area contributed by atoms with Crippen molar-refractivity contribution in [1.82, 2.24) is 15.0 Å². The summed E-state index contributed by atoms with van der Waals surface area (Å²) in [7, 11) is 0. The predicted octanol–water partition coefficient (Wildman–Crippen LogP) is 3.31. The lowest BCUT2D eigenvalue weighted by Gasteiger charge is -2.09. The highest BCUT2D eigenvalue weighted by Gasteiger charge is 2.08. The second-order valence-electron chi connectivity index (χ2n) is 3.80. The Balaban J connectivity index is 2.27. The van der Waals surface area contributed by atoms with Crippen LogP contribution in [0.2, 0.25) is 5.28 Å². The van der Waals surface area contributed by atoms with Crippen molar-refractivity contribution < 1.29 is 4.74 Å². The van der Waals surface area contributed by atoms with E-state index in [0.29, 0.717) is 12.5 Å². The molecule has 0 aliphatic heterocycles. The molecule has 0 amide bonds. The maximum absolute atomic E-state index is 5.84. The maximum Gasteiger partial charge on any atom is 0.328 e. The Morgan fingerprint density at radius 3 is 2.68 bits per heavy atom. The number of aryl methyl sites for hydroxylation is 1. The Morgan fingerprint density at radius 1 is 1.16 bits per heavy atom. The first-order valence-electron chi connectivity index (χ1n) is 6.14. The molecule has 0 spiro atoms. The first-order chi connectivity index (χ1) is 9.22. The van der Waals surface area contributed by atoms with Crippen LogP contribution in [-0.2, 0) is 6.42 Å². The molecule has 0 bridgehead atoms. The van der Waals surface area contributed by atoms with Crippen molar-refractivity contribution >= 4 is 17.5 Å². The summed E-state index contributed by atoms with van der Waals surface area (Å²) in [6.07, 6.45) is 0.870. The normalized spacial score (nSPS) is 10.3. The van der Waals surface area contributed by atoms with E-state index in [4.69, 9.17) is 16.3 Å². The van der Waals surface area contributed by atoms with Crippen LogP contribution in [0.4, 0.5) is 5.95 Å². The SMILES string of the molecule is CCNc1nc(Cl)nc(Oc2ccccc2CC)n1. The van der Waals surface area contributed by atoms with E-state index in [-0.39, 0.29) is 11.3 Å². The Labute approximate surface area is 117 Å². The number of nitrogens with zero attached hydrogens (tertiary/aromatic N) is 3. The average Bonchev–Trinajstić information content (AvgIpc) is 2.39. The zero-order valence-corrected chi connectivity index (χ0v) is 11.6. The summed E-state index contributed by atoms with van der Waals surface area (Å²) < 4.78 is 5.68. The number of anilines is 1. The minimum Gasteiger partial charge on any atom is -0.424 e. The molecule has 0 saturated carbocycles. The molecule has 6 heteroatoms. The number of halogens is 1. The fourth-order valence-electron chi connectivity index (χ4n) is 1.61. The third-order valence-electron chi connectivity index (χ3n) is 2.48. The lowest BCUT2D eigenvalue weighted by molar-refractivity contribution is 0.435. The van der Waals surface area contributed by atoms with Crippen molar-refractivity contribution in [3.8, 4) is 11.8 Å². The van der Waals surface area contributed by atoms with Crippen LogP contribution in [0.3, 0.4) is 0 Å². The van der Waals surface area contributed by atoms with Gasteiger partial charge in [-0.1, -0.05) is 25.1 Å². The highest BCUT2D eigenvalue weighted by molar-refractivity contribution is 6.28. The van der Waals surface area contributed by atoms with Gasteiger partial charge in [-0.15, -0.1) is 0 Å². The van der Waals surface area contributed by atoms with Gasteiger partial charge < -0.3 is 10.1 Å². The number of benzene rings is 1. The average molecular weight is 279 g/mol. The maximum atomic E-state index is 5.84. The van der Waals surface area contributed by atoms with Gasteiger partial charge in [0.05, 0.1) is 0 Å². The summed E-state index contributed by atoms with van der Waals surface area (Å²) in [6, 6.07) is 7.95. The highest BCUT2D eigenvalue weighted by Crippen LogP contribution is 2.24. The second kappa shape index (κ2) is 6.33. The van der Waals surface area contributed by atoms with E-state index in [1.807, 2.05) is 31.2 Å². The van der Waals surface area contributed by atoms with Crippen LogP contribution in [0, 0.1) is 0 Å². The molecule has 100 valence electrons. The van der Waals surface area contributed by atoms with Gasteiger partial charge >= 0.3 is 6.01 Å². The zero-order chi connectivity index (χ0) is 13.7. The lowest BCUT2D eigenvalue weighted by atomic mass is 10.1. The molecule has 0 aliphatic rings. The summed E-state index contributed by atoms with van der Waals surface area (Å²) in [6.45, 7) is 4.71. The van der Waals surface area contributed by atoms with Crippen molar-refractivity contribution in [2.24, 2.45) is 0 Å². The number of hydrogen-bond acceptors (Lipinski definition) is 5. The van der Waals surface area contributed by atoms with Crippen molar-refractivity contribution in [2.75, 3.05) is 11.9 Å². The fraction of sp³-hybridized carbons (Fsp3) is 0.308. The van der Waals surface area contributed by atoms with Crippen LogP contribution in [0.1, 0.15) is 19.4 Å². The second-order valence-corrected chi connectivity index (χ2v) is 4.14. The van der Waals surface area contributed by atoms with Gasteiger partial charge in [-0.05, 0) is 36.6 Å². The molecule has 2 rings (SSSR count). The first-order valence-corrected chi connectivity index (χ1v) is 6.52. The van der Waals surface area contributed by atoms with E-state index in [1.54, 1.807) is 0 Å². The van der Waals surface area contributed by atoms with Crippen molar-refractivity contribution in [1.29, 1.82) is 0 Å². The van der Waals surface area contributed by atoms with Gasteiger partial charge in [0.25, 0.3) is 0 Å². The van der Waals surface area contributed by atoms with E-state index < -0.39 is 0 Å². The molecule has 19 heavy (non-hydrogen) atoms. The molecule has 1 aromatic carbocycles. The molecule has 2 aromatic rings. The van der Waals surface area contributed by atoms with Crippen LogP contribution in [0.5, 0.6) is 11.8 Å². The molecule has 0 saturated heterocycles. The number of rotatable bonds is 5. The molecule has 0 radical (unpaired) electrons. The Morgan fingerprint density at radius 2 is 1.95 bits per heavy atom. The largest absolute Gasteiger partial charge is 0.424 e. The van der Waals surface area contributed by atoms with E-state index in [1.165, 1.54) is 0 Å². The number of aromatic nitrogens is 3. The summed E-state index contributed by atoms with van der Waals surface area (Å²) in [5.74, 6) is 1.14. The number of hydrogen-bond donors (Lipinski definition) is 1. The van der Waals surface area contributed by atoms with Gasteiger partial charge in [-0.25, -0.2) is 0 Å². The zero-order valence-electron chi connectivity index (χ0n) is 10.9. The molecule has 5 nitrogen and oxygen atoms in total. The number of ether oxygens (including phenoxy) is 1. The Hall–Kier alpha value is -1.88. The molecular weight excluding hydrogens is 264 g/mol. The van der Waals surface area contributed by atoms with Crippen molar-refractivity contribution in [2.45, 2.75) is 20.3 Å². The summed E-state index contributed by atoms with van der Waals surface area (Å²) in [5, 5.41) is 3.08. The molecule has 0 aliphatic carbocycles. The summed E-state index contributed by atoms with van der Waals surface area (Å²) in [4.78, 5) is 12.1. The minimum absolute atomic E-state index is 0.106. The molecule has 0 unspecified atom stereocenters. The lowest BCUT2D eigenvalue weighted by Crippen LogP contribution is -2.05. The van der Waals surface area contributed by atoms with Crippen LogP contribution < -0.4 is 10.1 Å². The molecule has 1 N–H and O–H groups in total. The summed E-state index contributed by atoms with van der Waals surface area (Å²) >= 11 is 5.84. The fourth-order valence-corrected chi connectivity index (χ4v) is 1.76. The molecule has 1 heterocycles. The highest BCUT2D eigenvalue weighted by atomic mass is 35.5. The minimum atomic E-state index is 0.106. The summed E-state index contributed by atoms with van der Waals surface area (Å²) in [5.41, 5.74) is 1.09. The van der Waals surface area contributed by atoms with Gasteiger partial charge in [0.2, 0.25) is 11.2 Å². The van der Waals surface area contributed by atoms with Crippen molar-refractivity contribution in [3.63, 3.8) is 0 Å². The molecular formula is C13H15ClN4O. The quantitative estimate of drug-likeness (QED) is 0.909. The van der Waals surface area contributed by atoms with Gasteiger partial charge in [-0.3, -0.25) is 0 Å².